The van der Waals surface area contributed by atoms with E-state index in [1.807, 2.05) is 13.0 Å². The van der Waals surface area contributed by atoms with Crippen LogP contribution in [0.1, 0.15) is 24.2 Å². The quantitative estimate of drug-likeness (QED) is 0.811. The van der Waals surface area contributed by atoms with Crippen molar-refractivity contribution in [2.45, 2.75) is 26.2 Å². The molecule has 4 heteroatoms. The molecule has 0 radical (unpaired) electrons. The maximum Gasteiger partial charge on any atom is 0.260 e. The molecule has 0 aliphatic heterocycles. The van der Waals surface area contributed by atoms with E-state index in [1.54, 1.807) is 0 Å². The van der Waals surface area contributed by atoms with Crippen LogP contribution in [0.5, 0.6) is 0 Å². The van der Waals surface area contributed by atoms with Crippen molar-refractivity contribution in [1.82, 2.24) is 10.1 Å². The van der Waals surface area contributed by atoms with Crippen LogP contribution < -0.4 is 5.73 Å². The first-order valence-electron chi connectivity index (χ1n) is 5.25. The maximum atomic E-state index is 5.96. The largest absolute Gasteiger partial charge is 0.398 e. The normalized spacial score (nSPS) is 16.1. The number of nitrogens with zero attached hydrogens (tertiary/aromatic N) is 2. The number of rotatable bonds is 2. The van der Waals surface area contributed by atoms with Crippen LogP contribution in [0.25, 0.3) is 11.1 Å². The molecule has 0 spiro atoms. The van der Waals surface area contributed by atoms with Crippen LogP contribution in [0.2, 0.25) is 0 Å². The molecule has 0 amide bonds. The Hall–Kier alpha value is -1.58. The van der Waals surface area contributed by atoms with E-state index < -0.39 is 0 Å². The molecule has 3 rings (SSSR count). The maximum absolute atomic E-state index is 5.96. The summed E-state index contributed by atoms with van der Waals surface area (Å²) in [6, 6.07) is 1.95. The van der Waals surface area contributed by atoms with Gasteiger partial charge in [0.2, 0.25) is 0 Å². The number of hydrogen-bond donors (Lipinski definition) is 1. The van der Waals surface area contributed by atoms with Crippen molar-refractivity contribution in [1.29, 1.82) is 0 Å². The van der Waals surface area contributed by atoms with Gasteiger partial charge in [-0.1, -0.05) is 5.16 Å². The van der Waals surface area contributed by atoms with Crippen molar-refractivity contribution in [3.8, 4) is 0 Å². The van der Waals surface area contributed by atoms with E-state index in [4.69, 9.17) is 10.3 Å². The lowest BCUT2D eigenvalue weighted by atomic mass is 10.1. The molecule has 0 atom stereocenters. The second-order valence-electron chi connectivity index (χ2n) is 4.30. The van der Waals surface area contributed by atoms with Gasteiger partial charge in [0.1, 0.15) is 0 Å². The van der Waals surface area contributed by atoms with E-state index in [0.29, 0.717) is 5.71 Å². The zero-order valence-corrected chi connectivity index (χ0v) is 8.66. The summed E-state index contributed by atoms with van der Waals surface area (Å²) in [6.45, 7) is 1.88. The third-order valence-electron chi connectivity index (χ3n) is 2.90. The van der Waals surface area contributed by atoms with E-state index in [9.17, 15) is 0 Å². The first kappa shape index (κ1) is 8.71. The van der Waals surface area contributed by atoms with Crippen molar-refractivity contribution in [2.24, 2.45) is 5.92 Å². The minimum atomic E-state index is 0.572. The van der Waals surface area contributed by atoms with Crippen molar-refractivity contribution in [3.63, 3.8) is 0 Å². The number of hydrogen-bond acceptors (Lipinski definition) is 4. The Morgan fingerprint density at radius 2 is 2.33 bits per heavy atom. The zero-order valence-electron chi connectivity index (χ0n) is 8.66. The lowest BCUT2D eigenvalue weighted by Crippen LogP contribution is -1.96. The van der Waals surface area contributed by atoms with Crippen LogP contribution in [0, 0.1) is 12.8 Å². The molecule has 78 valence electrons. The minimum absolute atomic E-state index is 0.572. The number of nitrogen functional groups attached to an aromatic ring is 1. The highest BCUT2D eigenvalue weighted by molar-refractivity contribution is 5.88. The molecule has 4 nitrogen and oxygen atoms in total. The highest BCUT2D eigenvalue weighted by atomic mass is 16.5. The van der Waals surface area contributed by atoms with Crippen molar-refractivity contribution in [2.75, 3.05) is 5.73 Å². The van der Waals surface area contributed by atoms with E-state index in [2.05, 4.69) is 10.1 Å². The van der Waals surface area contributed by atoms with Gasteiger partial charge in [-0.15, -0.1) is 0 Å². The Balaban J connectivity index is 2.10. The van der Waals surface area contributed by atoms with Gasteiger partial charge < -0.3 is 10.3 Å². The predicted molar refractivity (Wildman–Crippen MR) is 57.4 cm³/mol. The molecular weight excluding hydrogens is 190 g/mol. The molecule has 1 aliphatic rings. The van der Waals surface area contributed by atoms with Crippen molar-refractivity contribution >= 4 is 16.8 Å². The first-order valence-corrected chi connectivity index (χ1v) is 5.25. The fourth-order valence-electron chi connectivity index (χ4n) is 1.90. The van der Waals surface area contributed by atoms with E-state index >= 15 is 0 Å². The monoisotopic (exact) mass is 203 g/mol. The smallest absolute Gasteiger partial charge is 0.260 e. The average Bonchev–Trinajstić information content (AvgIpc) is 2.90. The number of nitrogens with two attached hydrogens (primary N) is 1. The van der Waals surface area contributed by atoms with Gasteiger partial charge in [-0.3, -0.25) is 0 Å². The van der Waals surface area contributed by atoms with Crippen LogP contribution in [-0.2, 0) is 6.42 Å². The number of aromatic nitrogens is 2. The average molecular weight is 203 g/mol. The molecule has 15 heavy (non-hydrogen) atoms. The molecule has 0 saturated heterocycles. The molecule has 1 aliphatic carbocycles. The molecule has 2 heterocycles. The number of anilines is 1. The summed E-state index contributed by atoms with van der Waals surface area (Å²) in [4.78, 5) is 4.43. The van der Waals surface area contributed by atoms with E-state index in [1.165, 1.54) is 12.8 Å². The zero-order chi connectivity index (χ0) is 10.4. The molecule has 0 bridgehead atoms. The van der Waals surface area contributed by atoms with Gasteiger partial charge in [-0.25, -0.2) is 4.98 Å². The fraction of sp³-hybridized carbons (Fsp3) is 0.455. The molecular formula is C11H13N3O. The molecule has 2 N–H and O–H groups in total. The topological polar surface area (TPSA) is 64.9 Å². The predicted octanol–water partition coefficient (Wildman–Crippen LogP) is 2.07. The summed E-state index contributed by atoms with van der Waals surface area (Å²) >= 11 is 0. The van der Waals surface area contributed by atoms with E-state index in [-0.39, 0.29) is 0 Å². The van der Waals surface area contributed by atoms with Crippen molar-refractivity contribution in [3.05, 3.63) is 17.5 Å². The second-order valence-corrected chi connectivity index (χ2v) is 4.30. The summed E-state index contributed by atoms with van der Waals surface area (Å²) in [6.07, 6.45) is 3.64. The third-order valence-corrected chi connectivity index (χ3v) is 2.90. The molecule has 2 aromatic rings. The summed E-state index contributed by atoms with van der Waals surface area (Å²) in [7, 11) is 0. The summed E-state index contributed by atoms with van der Waals surface area (Å²) in [5.41, 5.74) is 9.10. The molecule has 1 saturated carbocycles. The SMILES string of the molecule is Cc1noc2nc(CC3CC3)cc(N)c12. The van der Waals surface area contributed by atoms with Gasteiger partial charge in [-0.05, 0) is 38.2 Å². The van der Waals surface area contributed by atoms with Crippen LogP contribution >= 0.6 is 0 Å². The highest BCUT2D eigenvalue weighted by Crippen LogP contribution is 2.33. The lowest BCUT2D eigenvalue weighted by Gasteiger charge is -2.00. The van der Waals surface area contributed by atoms with Crippen LogP contribution in [0.3, 0.4) is 0 Å². The Morgan fingerprint density at radius 1 is 1.53 bits per heavy atom. The number of aryl methyl sites for hydroxylation is 1. The van der Waals surface area contributed by atoms with Gasteiger partial charge in [-0.2, -0.15) is 0 Å². The molecule has 2 aromatic heterocycles. The Bertz CT molecular complexity index is 514. The molecule has 0 unspecified atom stereocenters. The van der Waals surface area contributed by atoms with Gasteiger partial charge in [0.25, 0.3) is 5.71 Å². The molecule has 1 fully saturated rings. The Kier molecular flexibility index (Phi) is 1.71. The fourth-order valence-corrected chi connectivity index (χ4v) is 1.90. The van der Waals surface area contributed by atoms with Crippen LogP contribution in [-0.4, -0.2) is 10.1 Å². The molecule has 0 aromatic carbocycles. The van der Waals surface area contributed by atoms with Gasteiger partial charge >= 0.3 is 0 Å². The van der Waals surface area contributed by atoms with Gasteiger partial charge in [0.15, 0.2) is 0 Å². The van der Waals surface area contributed by atoms with Crippen LogP contribution in [0.15, 0.2) is 10.6 Å². The van der Waals surface area contributed by atoms with Gasteiger partial charge in [0.05, 0.1) is 11.1 Å². The summed E-state index contributed by atoms with van der Waals surface area (Å²) in [5.74, 6) is 0.804. The standard InChI is InChI=1S/C11H13N3O/c1-6-10-9(12)5-8(4-7-2-3-7)13-11(10)15-14-6/h5,7H,2-4H2,1H3,(H2,12,13). The lowest BCUT2D eigenvalue weighted by molar-refractivity contribution is 0.442. The third kappa shape index (κ3) is 1.46. The Labute approximate surface area is 87.5 Å². The first-order chi connectivity index (χ1) is 7.24. The highest BCUT2D eigenvalue weighted by Gasteiger charge is 2.23. The van der Waals surface area contributed by atoms with Gasteiger partial charge in [0, 0.05) is 11.4 Å². The Morgan fingerprint density at radius 3 is 3.07 bits per heavy atom. The summed E-state index contributed by atoms with van der Waals surface area (Å²) in [5, 5.41) is 4.73. The van der Waals surface area contributed by atoms with Crippen LogP contribution in [0.4, 0.5) is 5.69 Å². The number of pyridine rings is 1. The summed E-state index contributed by atoms with van der Waals surface area (Å²) < 4.78 is 5.13. The van der Waals surface area contributed by atoms with E-state index in [0.717, 1.165) is 34.8 Å². The second kappa shape index (κ2) is 2.95. The minimum Gasteiger partial charge on any atom is -0.398 e. The number of fused-ring (bicyclic) bond motifs is 1. The van der Waals surface area contributed by atoms with Crippen molar-refractivity contribution < 1.29 is 4.52 Å².